The number of ether oxygens (including phenoxy) is 1. The van der Waals surface area contributed by atoms with Crippen LogP contribution in [0.2, 0.25) is 0 Å². The van der Waals surface area contributed by atoms with Gasteiger partial charge >= 0.3 is 6.18 Å². The number of methoxy groups -OCH3 is 1. The van der Waals surface area contributed by atoms with Gasteiger partial charge in [0.25, 0.3) is 5.91 Å². The second kappa shape index (κ2) is 9.71. The van der Waals surface area contributed by atoms with Crippen molar-refractivity contribution in [2.24, 2.45) is 0 Å². The number of nitrogens with zero attached hydrogens (tertiary/aromatic N) is 1. The highest BCUT2D eigenvalue weighted by atomic mass is 32.1. The molecule has 2 N–H and O–H groups in total. The Morgan fingerprint density at radius 1 is 1.13 bits per heavy atom. The van der Waals surface area contributed by atoms with Gasteiger partial charge in [0, 0.05) is 30.3 Å². The molecule has 10 heteroatoms. The molecule has 3 aromatic rings. The fourth-order valence-electron chi connectivity index (χ4n) is 2.70. The van der Waals surface area contributed by atoms with Crippen LogP contribution in [0.4, 0.5) is 18.9 Å². The molecule has 162 valence electrons. The molecule has 0 saturated heterocycles. The molecule has 0 bridgehead atoms. The molecule has 0 radical (unpaired) electrons. The summed E-state index contributed by atoms with van der Waals surface area (Å²) in [6, 6.07) is 11.7. The van der Waals surface area contributed by atoms with Gasteiger partial charge in [-0.05, 0) is 29.8 Å². The van der Waals surface area contributed by atoms with Crippen molar-refractivity contribution >= 4 is 28.8 Å². The molecule has 0 atom stereocenters. The summed E-state index contributed by atoms with van der Waals surface area (Å²) in [5.74, 6) is -0.753. The van der Waals surface area contributed by atoms with Crippen LogP contribution < -0.4 is 10.6 Å². The van der Waals surface area contributed by atoms with Gasteiger partial charge in [-0.25, -0.2) is 4.98 Å². The standard InChI is InChI=1S/C21H18F3N3O3S/c1-30-11-18(28)26-16-7-2-4-13(8-16)10-25-19(29)17-12-31-20(27-17)14-5-3-6-15(9-14)21(22,23)24/h2-9,12H,10-11H2,1H3,(H,25,29)(H,26,28). The Morgan fingerprint density at radius 2 is 1.90 bits per heavy atom. The fourth-order valence-corrected chi connectivity index (χ4v) is 3.50. The molecule has 2 aromatic carbocycles. The zero-order valence-corrected chi connectivity index (χ0v) is 17.1. The predicted octanol–water partition coefficient (Wildman–Crippen LogP) is 4.34. The van der Waals surface area contributed by atoms with Crippen LogP contribution in [0.5, 0.6) is 0 Å². The molecule has 0 aliphatic carbocycles. The average molecular weight is 449 g/mol. The fraction of sp³-hybridized carbons (Fsp3) is 0.190. The molecule has 3 rings (SSSR count). The van der Waals surface area contributed by atoms with Crippen LogP contribution in [0, 0.1) is 0 Å². The average Bonchev–Trinajstić information content (AvgIpc) is 3.22. The summed E-state index contributed by atoms with van der Waals surface area (Å²) in [5.41, 5.74) is 0.940. The van der Waals surface area contributed by atoms with Gasteiger partial charge in [0.2, 0.25) is 5.91 Å². The summed E-state index contributed by atoms with van der Waals surface area (Å²) in [6.45, 7) is 0.113. The van der Waals surface area contributed by atoms with E-state index in [0.717, 1.165) is 29.0 Å². The third kappa shape index (κ3) is 6.12. The quantitative estimate of drug-likeness (QED) is 0.562. The lowest BCUT2D eigenvalue weighted by Crippen LogP contribution is -2.23. The first kappa shape index (κ1) is 22.4. The van der Waals surface area contributed by atoms with Gasteiger partial charge in [-0.2, -0.15) is 13.2 Å². The largest absolute Gasteiger partial charge is 0.416 e. The molecule has 2 amide bonds. The molecule has 0 saturated carbocycles. The number of hydrogen-bond donors (Lipinski definition) is 2. The number of amides is 2. The number of thiazole rings is 1. The number of benzene rings is 2. The van der Waals surface area contributed by atoms with Crippen molar-refractivity contribution in [3.05, 3.63) is 70.7 Å². The topological polar surface area (TPSA) is 80.3 Å². The van der Waals surface area contributed by atoms with Crippen LogP contribution in [-0.2, 0) is 22.3 Å². The van der Waals surface area contributed by atoms with Gasteiger partial charge in [-0.15, -0.1) is 11.3 Å². The van der Waals surface area contributed by atoms with Crippen molar-refractivity contribution in [2.75, 3.05) is 19.0 Å². The lowest BCUT2D eigenvalue weighted by molar-refractivity contribution is -0.137. The summed E-state index contributed by atoms with van der Waals surface area (Å²) in [5, 5.41) is 7.19. The first-order valence-electron chi connectivity index (χ1n) is 9.05. The van der Waals surface area contributed by atoms with Crippen molar-refractivity contribution in [3.8, 4) is 10.6 Å². The molecular formula is C21H18F3N3O3S. The maximum atomic E-state index is 12.9. The third-order valence-electron chi connectivity index (χ3n) is 4.11. The second-order valence-corrected chi connectivity index (χ2v) is 7.34. The van der Waals surface area contributed by atoms with Crippen LogP contribution in [0.15, 0.2) is 53.9 Å². The Bertz CT molecular complexity index is 1080. The summed E-state index contributed by atoms with van der Waals surface area (Å²) in [4.78, 5) is 28.2. The molecule has 6 nitrogen and oxygen atoms in total. The number of carbonyl (C=O) groups is 2. The number of halogens is 3. The van der Waals surface area contributed by atoms with E-state index in [2.05, 4.69) is 15.6 Å². The number of alkyl halides is 3. The lowest BCUT2D eigenvalue weighted by atomic mass is 10.1. The second-order valence-electron chi connectivity index (χ2n) is 6.48. The number of aromatic nitrogens is 1. The van der Waals surface area contributed by atoms with Crippen molar-refractivity contribution in [1.82, 2.24) is 10.3 Å². The van der Waals surface area contributed by atoms with Gasteiger partial charge in [0.15, 0.2) is 0 Å². The van der Waals surface area contributed by atoms with E-state index in [1.807, 2.05) is 0 Å². The Labute approximate surface area is 180 Å². The SMILES string of the molecule is COCC(=O)Nc1cccc(CNC(=O)c2csc(-c3cccc(C(F)(F)F)c3)n2)c1. The molecular weight excluding hydrogens is 431 g/mol. The zero-order valence-electron chi connectivity index (χ0n) is 16.3. The van der Waals surface area contributed by atoms with E-state index in [-0.39, 0.29) is 24.8 Å². The Kier molecular flexibility index (Phi) is 7.03. The molecule has 0 unspecified atom stereocenters. The van der Waals surface area contributed by atoms with E-state index >= 15 is 0 Å². The van der Waals surface area contributed by atoms with Crippen LogP contribution in [0.25, 0.3) is 10.6 Å². The normalized spacial score (nSPS) is 11.2. The molecule has 1 heterocycles. The molecule has 1 aromatic heterocycles. The third-order valence-corrected chi connectivity index (χ3v) is 5.00. The van der Waals surface area contributed by atoms with Crippen molar-refractivity contribution in [2.45, 2.75) is 12.7 Å². The van der Waals surface area contributed by atoms with Gasteiger partial charge in [0.05, 0.1) is 5.56 Å². The highest BCUT2D eigenvalue weighted by Crippen LogP contribution is 2.33. The van der Waals surface area contributed by atoms with E-state index in [0.29, 0.717) is 16.3 Å². The van der Waals surface area contributed by atoms with E-state index in [4.69, 9.17) is 4.74 Å². The molecule has 0 fully saturated rings. The van der Waals surface area contributed by atoms with Crippen LogP contribution in [-0.4, -0.2) is 30.5 Å². The zero-order chi connectivity index (χ0) is 22.4. The van der Waals surface area contributed by atoms with Gasteiger partial charge < -0.3 is 15.4 Å². The van der Waals surface area contributed by atoms with Gasteiger partial charge in [0.1, 0.15) is 17.3 Å². The number of anilines is 1. The molecule has 0 aliphatic rings. The van der Waals surface area contributed by atoms with E-state index in [1.165, 1.54) is 24.6 Å². The Balaban J connectivity index is 1.64. The van der Waals surface area contributed by atoms with E-state index in [1.54, 1.807) is 24.3 Å². The van der Waals surface area contributed by atoms with Gasteiger partial charge in [-0.3, -0.25) is 9.59 Å². The smallest absolute Gasteiger partial charge is 0.375 e. The number of hydrogen-bond acceptors (Lipinski definition) is 5. The maximum absolute atomic E-state index is 12.9. The number of carbonyl (C=O) groups excluding carboxylic acids is 2. The van der Waals surface area contributed by atoms with Crippen molar-refractivity contribution in [3.63, 3.8) is 0 Å². The summed E-state index contributed by atoms with van der Waals surface area (Å²) < 4.78 is 43.5. The number of rotatable bonds is 7. The highest BCUT2D eigenvalue weighted by molar-refractivity contribution is 7.13. The Hall–Kier alpha value is -3.24. The first-order valence-corrected chi connectivity index (χ1v) is 9.93. The molecule has 0 aliphatic heterocycles. The van der Waals surface area contributed by atoms with Crippen LogP contribution >= 0.6 is 11.3 Å². The maximum Gasteiger partial charge on any atom is 0.416 e. The highest BCUT2D eigenvalue weighted by Gasteiger charge is 2.30. The monoisotopic (exact) mass is 449 g/mol. The van der Waals surface area contributed by atoms with Crippen molar-refractivity contribution < 1.29 is 27.5 Å². The first-order chi connectivity index (χ1) is 14.8. The van der Waals surface area contributed by atoms with E-state index in [9.17, 15) is 22.8 Å². The molecule has 0 spiro atoms. The van der Waals surface area contributed by atoms with E-state index < -0.39 is 17.6 Å². The molecule has 31 heavy (non-hydrogen) atoms. The summed E-state index contributed by atoms with van der Waals surface area (Å²) in [7, 11) is 1.42. The minimum atomic E-state index is -4.45. The Morgan fingerprint density at radius 3 is 2.65 bits per heavy atom. The predicted molar refractivity (Wildman–Crippen MR) is 111 cm³/mol. The van der Waals surface area contributed by atoms with Crippen molar-refractivity contribution in [1.29, 1.82) is 0 Å². The summed E-state index contributed by atoms with van der Waals surface area (Å²) in [6.07, 6.45) is -4.45. The minimum absolute atomic E-state index is 0.0704. The number of nitrogens with one attached hydrogen (secondary N) is 2. The lowest BCUT2D eigenvalue weighted by Gasteiger charge is -2.08. The summed E-state index contributed by atoms with van der Waals surface area (Å²) >= 11 is 1.09. The van der Waals surface area contributed by atoms with Gasteiger partial charge in [-0.1, -0.05) is 24.3 Å². The van der Waals surface area contributed by atoms with Crippen LogP contribution in [0.3, 0.4) is 0 Å². The minimum Gasteiger partial charge on any atom is -0.375 e. The van der Waals surface area contributed by atoms with Crippen LogP contribution in [0.1, 0.15) is 21.6 Å².